The van der Waals surface area contributed by atoms with Gasteiger partial charge < -0.3 is 10.4 Å². The smallest absolute Gasteiger partial charge is 0.317 e. The van der Waals surface area contributed by atoms with E-state index in [1.54, 1.807) is 0 Å². The van der Waals surface area contributed by atoms with Gasteiger partial charge in [0.1, 0.15) is 0 Å². The molecule has 3 fully saturated rings. The molecule has 1 unspecified atom stereocenters. The summed E-state index contributed by atoms with van der Waals surface area (Å²) >= 11 is 0. The first-order valence-corrected chi connectivity index (χ1v) is 9.77. The van der Waals surface area contributed by atoms with E-state index in [-0.39, 0.29) is 24.4 Å². The zero-order chi connectivity index (χ0) is 17.1. The number of carbonyl (C=O) groups is 2. The molecule has 0 spiro atoms. The van der Waals surface area contributed by atoms with Gasteiger partial charge in [0.25, 0.3) is 0 Å². The van der Waals surface area contributed by atoms with E-state index < -0.39 is 5.97 Å². The summed E-state index contributed by atoms with van der Waals surface area (Å²) in [7, 11) is 0. The summed E-state index contributed by atoms with van der Waals surface area (Å²) < 4.78 is 0. The van der Waals surface area contributed by atoms with Crippen LogP contribution < -0.4 is 5.32 Å². The maximum absolute atomic E-state index is 12.4. The van der Waals surface area contributed by atoms with Crippen LogP contribution >= 0.6 is 0 Å². The standard InChI is InChI=1S/C19H32N2O3/c1-13(8-14-4-2-3-5-14)19(24)20-16-9-17(10-16)21(12-18(22)23)11-15-6-7-15/h13-17H,2-12H2,1H3,(H,20,24)(H,22,23). The number of carboxylic acids is 1. The molecule has 24 heavy (non-hydrogen) atoms. The van der Waals surface area contributed by atoms with E-state index in [1.165, 1.54) is 38.5 Å². The molecule has 0 radical (unpaired) electrons. The SMILES string of the molecule is CC(CC1CCCC1)C(=O)NC1CC(N(CC(=O)O)CC2CC2)C1. The molecular weight excluding hydrogens is 304 g/mol. The summed E-state index contributed by atoms with van der Waals surface area (Å²) in [6.07, 6.45) is 10.5. The Hall–Kier alpha value is -1.10. The Morgan fingerprint density at radius 3 is 2.38 bits per heavy atom. The van der Waals surface area contributed by atoms with Crippen LogP contribution in [0.25, 0.3) is 0 Å². The normalized spacial score (nSPS) is 28.6. The van der Waals surface area contributed by atoms with E-state index in [1.807, 2.05) is 6.92 Å². The van der Waals surface area contributed by atoms with Gasteiger partial charge in [-0.2, -0.15) is 0 Å². The molecule has 0 saturated heterocycles. The molecule has 3 aliphatic rings. The number of amides is 1. The molecule has 1 atom stereocenters. The van der Waals surface area contributed by atoms with E-state index in [0.717, 1.165) is 31.7 Å². The van der Waals surface area contributed by atoms with Crippen molar-refractivity contribution in [2.75, 3.05) is 13.1 Å². The summed E-state index contributed by atoms with van der Waals surface area (Å²) in [4.78, 5) is 25.5. The average molecular weight is 336 g/mol. The molecule has 2 N–H and O–H groups in total. The minimum atomic E-state index is -0.742. The molecule has 3 aliphatic carbocycles. The largest absolute Gasteiger partial charge is 0.480 e. The Bertz CT molecular complexity index is 452. The first-order valence-electron chi connectivity index (χ1n) is 9.77. The van der Waals surface area contributed by atoms with Crippen LogP contribution in [0.15, 0.2) is 0 Å². The maximum atomic E-state index is 12.4. The Labute approximate surface area is 145 Å². The van der Waals surface area contributed by atoms with Crippen molar-refractivity contribution in [3.05, 3.63) is 0 Å². The molecule has 1 amide bonds. The van der Waals surface area contributed by atoms with Crippen molar-refractivity contribution in [2.45, 2.75) is 76.8 Å². The van der Waals surface area contributed by atoms with Gasteiger partial charge in [0, 0.05) is 24.5 Å². The highest BCUT2D eigenvalue weighted by Gasteiger charge is 2.38. The average Bonchev–Trinajstić information content (AvgIpc) is 3.14. The fraction of sp³-hybridized carbons (Fsp3) is 0.895. The highest BCUT2D eigenvalue weighted by molar-refractivity contribution is 5.78. The number of hydrogen-bond donors (Lipinski definition) is 2. The third kappa shape index (κ3) is 4.95. The van der Waals surface area contributed by atoms with E-state index in [9.17, 15) is 9.59 Å². The molecule has 3 rings (SSSR count). The lowest BCUT2D eigenvalue weighted by atomic mass is 9.84. The predicted molar refractivity (Wildman–Crippen MR) is 92.6 cm³/mol. The zero-order valence-electron chi connectivity index (χ0n) is 14.9. The lowest BCUT2D eigenvalue weighted by Crippen LogP contribution is -2.56. The molecule has 5 nitrogen and oxygen atoms in total. The third-order valence-electron chi connectivity index (χ3n) is 6.11. The van der Waals surface area contributed by atoms with E-state index in [0.29, 0.717) is 12.0 Å². The van der Waals surface area contributed by atoms with Gasteiger partial charge in [-0.15, -0.1) is 0 Å². The van der Waals surface area contributed by atoms with Crippen LogP contribution in [0.3, 0.4) is 0 Å². The number of carboxylic acid groups (broad SMARTS) is 1. The Kier molecular flexibility index (Phi) is 5.80. The van der Waals surface area contributed by atoms with Gasteiger partial charge in [-0.25, -0.2) is 0 Å². The Morgan fingerprint density at radius 1 is 1.12 bits per heavy atom. The Morgan fingerprint density at radius 2 is 1.79 bits per heavy atom. The number of carbonyl (C=O) groups excluding carboxylic acids is 1. The van der Waals surface area contributed by atoms with Crippen LogP contribution in [0.4, 0.5) is 0 Å². The van der Waals surface area contributed by atoms with Crippen molar-refractivity contribution in [1.29, 1.82) is 0 Å². The molecule has 0 aromatic rings. The molecular formula is C19H32N2O3. The van der Waals surface area contributed by atoms with E-state index in [4.69, 9.17) is 5.11 Å². The van der Waals surface area contributed by atoms with Gasteiger partial charge in [0.2, 0.25) is 5.91 Å². The number of nitrogens with zero attached hydrogens (tertiary/aromatic N) is 1. The fourth-order valence-electron chi connectivity index (χ4n) is 4.35. The van der Waals surface area contributed by atoms with E-state index in [2.05, 4.69) is 10.2 Å². The third-order valence-corrected chi connectivity index (χ3v) is 6.11. The van der Waals surface area contributed by atoms with Gasteiger partial charge in [-0.05, 0) is 43.9 Å². The van der Waals surface area contributed by atoms with Gasteiger partial charge in [-0.3, -0.25) is 14.5 Å². The first kappa shape index (κ1) is 17.7. The van der Waals surface area contributed by atoms with Crippen LogP contribution in [0.1, 0.15) is 64.7 Å². The van der Waals surface area contributed by atoms with E-state index >= 15 is 0 Å². The van der Waals surface area contributed by atoms with Crippen molar-refractivity contribution in [1.82, 2.24) is 10.2 Å². The molecule has 136 valence electrons. The minimum absolute atomic E-state index is 0.105. The quantitative estimate of drug-likeness (QED) is 0.679. The fourth-order valence-corrected chi connectivity index (χ4v) is 4.35. The topological polar surface area (TPSA) is 69.6 Å². The molecule has 0 aromatic heterocycles. The van der Waals surface area contributed by atoms with Gasteiger partial charge >= 0.3 is 5.97 Å². The maximum Gasteiger partial charge on any atom is 0.317 e. The molecule has 0 bridgehead atoms. The van der Waals surface area contributed by atoms with Crippen LogP contribution in [-0.2, 0) is 9.59 Å². The van der Waals surface area contributed by atoms with Crippen molar-refractivity contribution < 1.29 is 14.7 Å². The minimum Gasteiger partial charge on any atom is -0.480 e. The highest BCUT2D eigenvalue weighted by Crippen LogP contribution is 2.34. The van der Waals surface area contributed by atoms with Crippen molar-refractivity contribution in [3.63, 3.8) is 0 Å². The lowest BCUT2D eigenvalue weighted by molar-refractivity contribution is -0.140. The van der Waals surface area contributed by atoms with Crippen LogP contribution in [0.5, 0.6) is 0 Å². The molecule has 3 saturated carbocycles. The Balaban J connectivity index is 1.38. The summed E-state index contributed by atoms with van der Waals surface area (Å²) in [6.45, 7) is 3.10. The van der Waals surface area contributed by atoms with Gasteiger partial charge in [0.15, 0.2) is 0 Å². The highest BCUT2D eigenvalue weighted by atomic mass is 16.4. The predicted octanol–water partition coefficient (Wildman–Crippen LogP) is 2.65. The van der Waals surface area contributed by atoms with Crippen LogP contribution in [0, 0.1) is 17.8 Å². The summed E-state index contributed by atoms with van der Waals surface area (Å²) in [5, 5.41) is 12.3. The lowest BCUT2D eigenvalue weighted by Gasteiger charge is -2.43. The number of aliphatic carboxylic acids is 1. The van der Waals surface area contributed by atoms with Gasteiger partial charge in [0.05, 0.1) is 6.54 Å². The van der Waals surface area contributed by atoms with Crippen molar-refractivity contribution >= 4 is 11.9 Å². The van der Waals surface area contributed by atoms with Gasteiger partial charge in [-0.1, -0.05) is 32.6 Å². The summed E-state index contributed by atoms with van der Waals surface area (Å²) in [5.41, 5.74) is 0. The summed E-state index contributed by atoms with van der Waals surface area (Å²) in [6, 6.07) is 0.571. The molecule has 0 aliphatic heterocycles. The molecule has 0 aromatic carbocycles. The zero-order valence-corrected chi connectivity index (χ0v) is 14.9. The number of rotatable bonds is 9. The number of hydrogen-bond acceptors (Lipinski definition) is 3. The van der Waals surface area contributed by atoms with Crippen molar-refractivity contribution in [2.24, 2.45) is 17.8 Å². The van der Waals surface area contributed by atoms with Crippen molar-refractivity contribution in [3.8, 4) is 0 Å². The number of nitrogens with one attached hydrogen (secondary N) is 1. The molecule has 0 heterocycles. The monoisotopic (exact) mass is 336 g/mol. The van der Waals surface area contributed by atoms with Crippen LogP contribution in [0.2, 0.25) is 0 Å². The second-order valence-electron chi connectivity index (χ2n) is 8.38. The first-order chi connectivity index (χ1) is 11.5. The summed E-state index contributed by atoms with van der Waals surface area (Å²) in [5.74, 6) is 0.994. The second kappa shape index (κ2) is 7.85. The molecule has 5 heteroatoms. The second-order valence-corrected chi connectivity index (χ2v) is 8.38. The van der Waals surface area contributed by atoms with Crippen LogP contribution in [-0.4, -0.2) is 47.1 Å².